The molecule has 150 valence electrons. The van der Waals surface area contributed by atoms with Crippen molar-refractivity contribution in [2.45, 2.75) is 41.5 Å². The van der Waals surface area contributed by atoms with Crippen molar-refractivity contribution in [2.24, 2.45) is 0 Å². The van der Waals surface area contributed by atoms with Crippen LogP contribution in [0.1, 0.15) is 41.5 Å². The van der Waals surface area contributed by atoms with Crippen molar-refractivity contribution in [3.8, 4) is 0 Å². The zero-order valence-electron chi connectivity index (χ0n) is 14.3. The molecule has 0 rings (SSSR count). The molecule has 13 heteroatoms. The van der Waals surface area contributed by atoms with E-state index < -0.39 is 35.8 Å². The zero-order valence-corrected chi connectivity index (χ0v) is 17.2. The molecule has 0 heterocycles. The van der Waals surface area contributed by atoms with Gasteiger partial charge in [0.25, 0.3) is 0 Å². The molecule has 0 spiro atoms. The summed E-state index contributed by atoms with van der Waals surface area (Å²) < 4.78 is 0. The van der Waals surface area contributed by atoms with Crippen LogP contribution >= 0.6 is 0 Å². The van der Waals surface area contributed by atoms with Gasteiger partial charge in [0, 0.05) is 56.9 Å². The number of rotatable bonds is 0. The maximum Gasteiger partial charge on any atom is 0.0383 e. The first-order valence-electron chi connectivity index (χ1n) is 5.45. The average molecular weight is 538 g/mol. The van der Waals surface area contributed by atoms with E-state index in [1.165, 1.54) is 0 Å². The zero-order chi connectivity index (χ0) is 21.5. The van der Waals surface area contributed by atoms with E-state index >= 15 is 0 Å². The minimum atomic E-state index is -1.08. The SMILES string of the molecule is CC(=O)[O-].CC(=O)[O-].CC(=O)[O-].CC(=O)[O-].CC(=O)[O-].CC(=O)[O-].[W]. The Labute approximate surface area is 158 Å². The van der Waals surface area contributed by atoms with E-state index in [1.54, 1.807) is 0 Å². The Balaban J connectivity index is -0.0000000309. The van der Waals surface area contributed by atoms with Crippen molar-refractivity contribution in [3.05, 3.63) is 0 Å². The molecule has 0 unspecified atom stereocenters. The van der Waals surface area contributed by atoms with E-state index in [1.807, 2.05) is 0 Å². The van der Waals surface area contributed by atoms with Gasteiger partial charge in [-0.05, 0) is 41.5 Å². The van der Waals surface area contributed by atoms with Gasteiger partial charge in [0.1, 0.15) is 0 Å². The summed E-state index contributed by atoms with van der Waals surface area (Å²) in [6.07, 6.45) is 0. The fourth-order valence-electron chi connectivity index (χ4n) is 0. The van der Waals surface area contributed by atoms with Crippen LogP contribution in [0.15, 0.2) is 0 Å². The Morgan fingerprint density at radius 3 is 0.360 bits per heavy atom. The second-order valence-corrected chi connectivity index (χ2v) is 2.95. The maximum absolute atomic E-state index is 8.89. The molecule has 0 N–H and O–H groups in total. The summed E-state index contributed by atoms with van der Waals surface area (Å²) in [5.41, 5.74) is 0. The molecule has 0 amide bonds. The van der Waals surface area contributed by atoms with Crippen molar-refractivity contribution >= 4 is 35.8 Å². The van der Waals surface area contributed by atoms with Crippen LogP contribution in [0.4, 0.5) is 0 Å². The number of carbonyl (C=O) groups is 6. The van der Waals surface area contributed by atoms with E-state index in [4.69, 9.17) is 59.4 Å². The van der Waals surface area contributed by atoms with Crippen molar-refractivity contribution in [2.75, 3.05) is 0 Å². The van der Waals surface area contributed by atoms with Crippen LogP contribution in [0, 0.1) is 0 Å². The second kappa shape index (κ2) is 37.6. The van der Waals surface area contributed by atoms with Crippen molar-refractivity contribution < 1.29 is 80.5 Å². The molecule has 0 saturated carbocycles. The smallest absolute Gasteiger partial charge is 0.0383 e. The summed E-state index contributed by atoms with van der Waals surface area (Å²) in [6.45, 7) is 5.83. The van der Waals surface area contributed by atoms with Gasteiger partial charge in [-0.3, -0.25) is 0 Å². The van der Waals surface area contributed by atoms with Gasteiger partial charge in [0.15, 0.2) is 0 Å². The molecular weight excluding hydrogens is 520 g/mol. The van der Waals surface area contributed by atoms with Crippen molar-refractivity contribution in [1.29, 1.82) is 0 Å². The van der Waals surface area contributed by atoms with E-state index in [0.717, 1.165) is 41.5 Å². The number of hydrogen-bond donors (Lipinski definition) is 0. The predicted molar refractivity (Wildman–Crippen MR) is 64.1 cm³/mol. The third-order valence-corrected chi connectivity index (χ3v) is 0. The van der Waals surface area contributed by atoms with E-state index in [0.29, 0.717) is 0 Å². The fraction of sp³-hybridized carbons (Fsp3) is 0.500. The Hall–Kier alpha value is -2.49. The normalized spacial score (nSPS) is 6.00. The second-order valence-electron chi connectivity index (χ2n) is 2.95. The standard InChI is InChI=1S/6C2H4O2.W/c6*1-2(3)4;/h6*1H3,(H,3,4);/p-6. The maximum atomic E-state index is 8.89. The van der Waals surface area contributed by atoms with Crippen LogP contribution in [0.2, 0.25) is 0 Å². The van der Waals surface area contributed by atoms with Crippen LogP contribution < -0.4 is 30.6 Å². The molecule has 0 saturated heterocycles. The van der Waals surface area contributed by atoms with Gasteiger partial charge in [-0.25, -0.2) is 0 Å². The van der Waals surface area contributed by atoms with E-state index in [-0.39, 0.29) is 21.1 Å². The summed E-state index contributed by atoms with van der Waals surface area (Å²) in [5, 5.41) is 53.3. The first-order chi connectivity index (χ1) is 10.4. The van der Waals surface area contributed by atoms with Crippen LogP contribution in [0.3, 0.4) is 0 Å². The monoisotopic (exact) mass is 538 g/mol. The molecule has 0 aliphatic rings. The largest absolute Gasteiger partial charge is 0.550 e. The molecule has 25 heavy (non-hydrogen) atoms. The van der Waals surface area contributed by atoms with Crippen LogP contribution in [0.5, 0.6) is 0 Å². The third kappa shape index (κ3) is 1320. The Kier molecular flexibility index (Phi) is 65.1. The molecule has 0 radical (unpaired) electrons. The summed E-state index contributed by atoms with van der Waals surface area (Å²) in [7, 11) is 0. The van der Waals surface area contributed by atoms with Crippen molar-refractivity contribution in [1.82, 2.24) is 0 Å². The van der Waals surface area contributed by atoms with Crippen LogP contribution in [-0.4, -0.2) is 35.8 Å². The van der Waals surface area contributed by atoms with Crippen molar-refractivity contribution in [3.63, 3.8) is 0 Å². The first kappa shape index (κ1) is 43.3. The van der Waals surface area contributed by atoms with E-state index in [9.17, 15) is 0 Å². The van der Waals surface area contributed by atoms with E-state index in [2.05, 4.69) is 0 Å². The van der Waals surface area contributed by atoms with Gasteiger partial charge < -0.3 is 59.4 Å². The van der Waals surface area contributed by atoms with Gasteiger partial charge >= 0.3 is 0 Å². The summed E-state index contributed by atoms with van der Waals surface area (Å²) in [4.78, 5) is 53.3. The minimum absolute atomic E-state index is 0. The quantitative estimate of drug-likeness (QED) is 0.279. The molecule has 0 bridgehead atoms. The Morgan fingerprint density at radius 1 is 0.360 bits per heavy atom. The average Bonchev–Trinajstić information content (AvgIpc) is 2.08. The molecule has 0 atom stereocenters. The number of carboxylic acid groups (broad SMARTS) is 6. The van der Waals surface area contributed by atoms with Crippen LogP contribution in [0.25, 0.3) is 0 Å². The molecule has 12 nitrogen and oxygen atoms in total. The molecular formula is C12H18O12W-6. The number of carbonyl (C=O) groups excluding carboxylic acids is 6. The fourth-order valence-corrected chi connectivity index (χ4v) is 0. The molecule has 0 aromatic carbocycles. The van der Waals surface area contributed by atoms with Gasteiger partial charge in [0.2, 0.25) is 0 Å². The first-order valence-corrected chi connectivity index (χ1v) is 5.45. The predicted octanol–water partition coefficient (Wildman–Crippen LogP) is -7.47. The molecule has 0 aromatic heterocycles. The van der Waals surface area contributed by atoms with Gasteiger partial charge in [-0.2, -0.15) is 0 Å². The van der Waals surface area contributed by atoms with Gasteiger partial charge in [0.05, 0.1) is 0 Å². The summed E-state index contributed by atoms with van der Waals surface area (Å²) in [5.74, 6) is -6.50. The molecule has 0 aromatic rings. The molecule has 0 fully saturated rings. The number of aliphatic carboxylic acids is 6. The molecule has 0 aliphatic carbocycles. The van der Waals surface area contributed by atoms with Gasteiger partial charge in [-0.15, -0.1) is 0 Å². The Bertz CT molecular complexity index is 261. The third-order valence-electron chi connectivity index (χ3n) is 0. The minimum Gasteiger partial charge on any atom is -0.550 e. The Morgan fingerprint density at radius 2 is 0.360 bits per heavy atom. The van der Waals surface area contributed by atoms with Gasteiger partial charge in [-0.1, -0.05) is 0 Å². The molecule has 0 aliphatic heterocycles. The number of carboxylic acids is 6. The summed E-state index contributed by atoms with van der Waals surface area (Å²) in [6, 6.07) is 0. The topological polar surface area (TPSA) is 241 Å². The summed E-state index contributed by atoms with van der Waals surface area (Å²) >= 11 is 0. The number of hydrogen-bond acceptors (Lipinski definition) is 12. The van der Waals surface area contributed by atoms with Crippen LogP contribution in [-0.2, 0) is 49.8 Å².